The molecule has 4 rings (SSSR count). The van der Waals surface area contributed by atoms with Gasteiger partial charge in [0.05, 0.1) is 29.2 Å². The summed E-state index contributed by atoms with van der Waals surface area (Å²) in [4.78, 5) is 30.6. The minimum atomic E-state index is -0.934. The van der Waals surface area contributed by atoms with Gasteiger partial charge in [-0.05, 0) is 62.3 Å². The molecule has 7 heteroatoms. The van der Waals surface area contributed by atoms with E-state index in [1.807, 2.05) is 72.6 Å². The number of hydrogen-bond acceptors (Lipinski definition) is 4. The zero-order chi connectivity index (χ0) is 25.5. The summed E-state index contributed by atoms with van der Waals surface area (Å²) in [5, 5.41) is 9.35. The van der Waals surface area contributed by atoms with Crippen molar-refractivity contribution in [2.45, 2.75) is 19.4 Å². The van der Waals surface area contributed by atoms with E-state index in [-0.39, 0.29) is 5.91 Å². The van der Waals surface area contributed by atoms with Gasteiger partial charge in [-0.25, -0.2) is 4.79 Å². The van der Waals surface area contributed by atoms with Crippen LogP contribution in [-0.2, 0) is 11.3 Å². The summed E-state index contributed by atoms with van der Waals surface area (Å²) in [6.45, 7) is 2.61. The number of anilines is 3. The number of halogens is 1. The van der Waals surface area contributed by atoms with Crippen LogP contribution in [0, 0.1) is 0 Å². The second kappa shape index (κ2) is 11.9. The van der Waals surface area contributed by atoms with Gasteiger partial charge in [0.1, 0.15) is 0 Å². The quantitative estimate of drug-likeness (QED) is 0.272. The fourth-order valence-corrected chi connectivity index (χ4v) is 4.62. The number of likely N-dealkylation sites (N-methyl/N-ethyl adjacent to an activating group) is 1. The molecule has 36 heavy (non-hydrogen) atoms. The molecule has 1 aliphatic heterocycles. The fraction of sp³-hybridized carbons (Fsp3) is 0.241. The van der Waals surface area contributed by atoms with Gasteiger partial charge >= 0.3 is 5.97 Å². The molecular weight excluding hydrogens is 474 g/mol. The topological polar surface area (TPSA) is 64.1 Å². The van der Waals surface area contributed by atoms with Crippen LogP contribution in [0.1, 0.15) is 28.8 Å². The SMILES string of the molecule is CN(C/C=C/C(=O)O)CCCCN1c2cc(Cl)ccc2C(=O)N(Cc2ccccc2)c2ccccc21. The summed E-state index contributed by atoms with van der Waals surface area (Å²) < 4.78 is 0. The molecule has 0 unspecified atom stereocenters. The summed E-state index contributed by atoms with van der Waals surface area (Å²) in [5.41, 5.74) is 4.34. The van der Waals surface area contributed by atoms with Gasteiger partial charge in [0.2, 0.25) is 0 Å². The Morgan fingerprint density at radius 1 is 0.944 bits per heavy atom. The van der Waals surface area contributed by atoms with Crippen molar-refractivity contribution in [1.29, 1.82) is 0 Å². The molecule has 3 aromatic rings. The number of para-hydroxylation sites is 2. The predicted octanol–water partition coefficient (Wildman–Crippen LogP) is 5.99. The Kier molecular flexibility index (Phi) is 8.41. The first kappa shape index (κ1) is 25.5. The van der Waals surface area contributed by atoms with Crippen molar-refractivity contribution in [3.8, 4) is 0 Å². The van der Waals surface area contributed by atoms with Crippen molar-refractivity contribution >= 4 is 40.5 Å². The molecule has 0 saturated carbocycles. The number of carboxylic acid groups (broad SMARTS) is 1. The number of nitrogens with zero attached hydrogens (tertiary/aromatic N) is 3. The van der Waals surface area contributed by atoms with Gasteiger partial charge < -0.3 is 19.8 Å². The summed E-state index contributed by atoms with van der Waals surface area (Å²) in [6, 6.07) is 23.5. The van der Waals surface area contributed by atoms with Gasteiger partial charge in [-0.15, -0.1) is 0 Å². The number of fused-ring (bicyclic) bond motifs is 2. The molecule has 1 N–H and O–H groups in total. The van der Waals surface area contributed by atoms with E-state index >= 15 is 0 Å². The standard InChI is InChI=1S/C29H30ClN3O3/c1-31(18-9-14-28(34)35)17-7-8-19-32-25-12-5-6-13-26(25)33(21-22-10-3-2-4-11-22)29(36)24-16-15-23(30)20-27(24)32/h2-6,9-16,20H,7-8,17-19,21H2,1H3,(H,34,35)/b14-9+. The van der Waals surface area contributed by atoms with Crippen molar-refractivity contribution < 1.29 is 14.7 Å². The summed E-state index contributed by atoms with van der Waals surface area (Å²) in [7, 11) is 1.97. The number of carbonyl (C=O) groups excluding carboxylic acids is 1. The van der Waals surface area contributed by atoms with E-state index in [4.69, 9.17) is 16.7 Å². The minimum absolute atomic E-state index is 0.0505. The number of aliphatic carboxylic acids is 1. The minimum Gasteiger partial charge on any atom is -0.478 e. The Morgan fingerprint density at radius 2 is 1.64 bits per heavy atom. The summed E-state index contributed by atoms with van der Waals surface area (Å²) in [5.74, 6) is -0.984. The first-order valence-corrected chi connectivity index (χ1v) is 12.4. The first-order chi connectivity index (χ1) is 17.4. The van der Waals surface area contributed by atoms with Crippen LogP contribution in [0.3, 0.4) is 0 Å². The van der Waals surface area contributed by atoms with Gasteiger partial charge in [0, 0.05) is 24.2 Å². The molecular formula is C29H30ClN3O3. The van der Waals surface area contributed by atoms with Crippen LogP contribution in [0.25, 0.3) is 0 Å². The second-order valence-corrected chi connectivity index (χ2v) is 9.33. The number of rotatable bonds is 10. The third kappa shape index (κ3) is 6.14. The Morgan fingerprint density at radius 3 is 2.36 bits per heavy atom. The van der Waals surface area contributed by atoms with Crippen LogP contribution in [0.15, 0.2) is 84.9 Å². The first-order valence-electron chi connectivity index (χ1n) is 12.0. The van der Waals surface area contributed by atoms with Crippen LogP contribution in [0.5, 0.6) is 0 Å². The molecule has 0 bridgehead atoms. The molecule has 0 saturated heterocycles. The number of amides is 1. The Balaban J connectivity index is 1.59. The maximum Gasteiger partial charge on any atom is 0.328 e. The zero-order valence-corrected chi connectivity index (χ0v) is 21.1. The molecule has 3 aromatic carbocycles. The Bertz CT molecular complexity index is 1250. The lowest BCUT2D eigenvalue weighted by Gasteiger charge is -2.28. The third-order valence-corrected chi connectivity index (χ3v) is 6.46. The Hall–Kier alpha value is -3.61. The van der Waals surface area contributed by atoms with E-state index in [2.05, 4.69) is 15.9 Å². The zero-order valence-electron chi connectivity index (χ0n) is 20.3. The van der Waals surface area contributed by atoms with Crippen molar-refractivity contribution in [2.24, 2.45) is 0 Å². The average Bonchev–Trinajstić information content (AvgIpc) is 2.96. The normalized spacial score (nSPS) is 13.1. The maximum atomic E-state index is 13.8. The largest absolute Gasteiger partial charge is 0.478 e. The van der Waals surface area contributed by atoms with Crippen molar-refractivity contribution in [3.63, 3.8) is 0 Å². The molecule has 0 aromatic heterocycles. The highest BCUT2D eigenvalue weighted by molar-refractivity contribution is 6.31. The molecule has 1 aliphatic rings. The number of hydrogen-bond donors (Lipinski definition) is 1. The highest BCUT2D eigenvalue weighted by Crippen LogP contribution is 2.42. The molecule has 6 nitrogen and oxygen atoms in total. The monoisotopic (exact) mass is 503 g/mol. The average molecular weight is 504 g/mol. The van der Waals surface area contributed by atoms with Crippen molar-refractivity contribution in [1.82, 2.24) is 4.90 Å². The lowest BCUT2D eigenvalue weighted by atomic mass is 10.1. The molecule has 0 atom stereocenters. The summed E-state index contributed by atoms with van der Waals surface area (Å²) in [6.07, 6.45) is 4.63. The lowest BCUT2D eigenvalue weighted by molar-refractivity contribution is -0.131. The van der Waals surface area contributed by atoms with E-state index in [0.717, 1.165) is 48.6 Å². The molecule has 0 fully saturated rings. The van der Waals surface area contributed by atoms with Gasteiger partial charge in [0.25, 0.3) is 5.91 Å². The van der Waals surface area contributed by atoms with Crippen LogP contribution >= 0.6 is 11.6 Å². The second-order valence-electron chi connectivity index (χ2n) is 8.89. The van der Waals surface area contributed by atoms with Crippen molar-refractivity contribution in [3.05, 3.63) is 101 Å². The number of carboxylic acids is 1. The van der Waals surface area contributed by atoms with Crippen LogP contribution in [0.4, 0.5) is 17.1 Å². The van der Waals surface area contributed by atoms with E-state index < -0.39 is 5.97 Å². The smallest absolute Gasteiger partial charge is 0.328 e. The molecule has 0 radical (unpaired) electrons. The van der Waals surface area contributed by atoms with E-state index in [0.29, 0.717) is 23.7 Å². The number of unbranched alkanes of at least 4 members (excludes halogenated alkanes) is 1. The maximum absolute atomic E-state index is 13.8. The van der Waals surface area contributed by atoms with Gasteiger partial charge in [-0.3, -0.25) is 4.79 Å². The number of benzene rings is 3. The molecule has 0 spiro atoms. The van der Waals surface area contributed by atoms with E-state index in [1.165, 1.54) is 6.08 Å². The van der Waals surface area contributed by atoms with Gasteiger partial charge in [0.15, 0.2) is 0 Å². The van der Waals surface area contributed by atoms with Crippen molar-refractivity contribution in [2.75, 3.05) is 36.5 Å². The third-order valence-electron chi connectivity index (χ3n) is 6.22. The number of carbonyl (C=O) groups is 2. The predicted molar refractivity (Wildman–Crippen MR) is 145 cm³/mol. The molecule has 186 valence electrons. The van der Waals surface area contributed by atoms with Gasteiger partial charge in [-0.2, -0.15) is 0 Å². The van der Waals surface area contributed by atoms with E-state index in [1.54, 1.807) is 12.1 Å². The van der Waals surface area contributed by atoms with Crippen LogP contribution in [0.2, 0.25) is 5.02 Å². The highest BCUT2D eigenvalue weighted by Gasteiger charge is 2.31. The Labute approximate surface area is 217 Å². The summed E-state index contributed by atoms with van der Waals surface area (Å²) >= 11 is 6.40. The molecule has 1 heterocycles. The van der Waals surface area contributed by atoms with Crippen LogP contribution in [-0.4, -0.2) is 48.6 Å². The molecule has 1 amide bonds. The van der Waals surface area contributed by atoms with E-state index in [9.17, 15) is 9.59 Å². The van der Waals surface area contributed by atoms with Gasteiger partial charge in [-0.1, -0.05) is 60.1 Å². The molecule has 0 aliphatic carbocycles. The highest BCUT2D eigenvalue weighted by atomic mass is 35.5. The lowest BCUT2D eigenvalue weighted by Crippen LogP contribution is -2.29. The van der Waals surface area contributed by atoms with Crippen LogP contribution < -0.4 is 9.80 Å². The fourth-order valence-electron chi connectivity index (χ4n) is 4.45.